The third-order valence-corrected chi connectivity index (χ3v) is 3.89. The van der Waals surface area contributed by atoms with E-state index in [9.17, 15) is 9.59 Å². The highest BCUT2D eigenvalue weighted by atomic mass is 16.5. The summed E-state index contributed by atoms with van der Waals surface area (Å²) in [6.07, 6.45) is 5.99. The Kier molecular flexibility index (Phi) is 6.46. The third kappa shape index (κ3) is 5.49. The summed E-state index contributed by atoms with van der Waals surface area (Å²) in [5, 5.41) is 2.78. The van der Waals surface area contributed by atoms with Crippen molar-refractivity contribution in [2.45, 2.75) is 70.4 Å². The molecule has 1 saturated carbocycles. The molecule has 0 bridgehead atoms. The predicted octanol–water partition coefficient (Wildman–Crippen LogP) is 1.74. The van der Waals surface area contributed by atoms with E-state index in [1.54, 1.807) is 0 Å². The van der Waals surface area contributed by atoms with Gasteiger partial charge in [0.2, 0.25) is 5.91 Å². The van der Waals surface area contributed by atoms with Crippen LogP contribution in [0.25, 0.3) is 0 Å². The molecule has 1 fully saturated rings. The van der Waals surface area contributed by atoms with Crippen molar-refractivity contribution < 1.29 is 14.3 Å². The van der Waals surface area contributed by atoms with Crippen LogP contribution in [-0.4, -0.2) is 30.6 Å². The molecule has 20 heavy (non-hydrogen) atoms. The van der Waals surface area contributed by atoms with Crippen LogP contribution < -0.4 is 11.1 Å². The maximum atomic E-state index is 12.1. The molecule has 1 rings (SSSR count). The van der Waals surface area contributed by atoms with Crippen LogP contribution in [0, 0.1) is 5.92 Å². The number of rotatable bonds is 6. The van der Waals surface area contributed by atoms with Gasteiger partial charge in [-0.05, 0) is 25.2 Å². The SMILES string of the molecule is COC(=O)[C@H](CC(C)C)NC(=O)CC1(N)CCCCC1. The van der Waals surface area contributed by atoms with Gasteiger partial charge in [-0.15, -0.1) is 0 Å². The minimum absolute atomic E-state index is 0.148. The van der Waals surface area contributed by atoms with E-state index in [1.165, 1.54) is 13.5 Å². The summed E-state index contributed by atoms with van der Waals surface area (Å²) >= 11 is 0. The molecule has 0 aromatic rings. The molecule has 1 amide bonds. The number of nitrogens with two attached hydrogens (primary N) is 1. The van der Waals surface area contributed by atoms with Gasteiger partial charge in [-0.2, -0.15) is 0 Å². The van der Waals surface area contributed by atoms with E-state index in [4.69, 9.17) is 10.5 Å². The van der Waals surface area contributed by atoms with Crippen LogP contribution in [0.2, 0.25) is 0 Å². The Hall–Kier alpha value is -1.10. The monoisotopic (exact) mass is 284 g/mol. The number of hydrogen-bond acceptors (Lipinski definition) is 4. The molecule has 0 spiro atoms. The number of methoxy groups -OCH3 is 1. The Morgan fingerprint density at radius 3 is 2.35 bits per heavy atom. The van der Waals surface area contributed by atoms with Gasteiger partial charge < -0.3 is 15.8 Å². The van der Waals surface area contributed by atoms with Crippen molar-refractivity contribution in [3.05, 3.63) is 0 Å². The number of hydrogen-bond donors (Lipinski definition) is 2. The first-order valence-corrected chi connectivity index (χ1v) is 7.52. The zero-order valence-electron chi connectivity index (χ0n) is 12.9. The number of carbonyl (C=O) groups excluding carboxylic acids is 2. The Bertz CT molecular complexity index is 336. The smallest absolute Gasteiger partial charge is 0.328 e. The van der Waals surface area contributed by atoms with E-state index in [-0.39, 0.29) is 11.9 Å². The van der Waals surface area contributed by atoms with Crippen LogP contribution >= 0.6 is 0 Å². The summed E-state index contributed by atoms with van der Waals surface area (Å²) in [6.45, 7) is 4.02. The maximum Gasteiger partial charge on any atom is 0.328 e. The van der Waals surface area contributed by atoms with Gasteiger partial charge in [-0.3, -0.25) is 4.79 Å². The molecular formula is C15H28N2O3. The van der Waals surface area contributed by atoms with Crippen molar-refractivity contribution in [1.29, 1.82) is 0 Å². The summed E-state index contributed by atoms with van der Waals surface area (Å²) in [4.78, 5) is 23.8. The summed E-state index contributed by atoms with van der Waals surface area (Å²) in [5.41, 5.74) is 5.87. The van der Waals surface area contributed by atoms with Gasteiger partial charge in [0.05, 0.1) is 7.11 Å². The zero-order valence-corrected chi connectivity index (χ0v) is 12.9. The number of esters is 1. The van der Waals surface area contributed by atoms with Crippen molar-refractivity contribution in [2.75, 3.05) is 7.11 Å². The van der Waals surface area contributed by atoms with Crippen LogP contribution in [0.1, 0.15) is 58.8 Å². The minimum atomic E-state index is -0.570. The first-order valence-electron chi connectivity index (χ1n) is 7.52. The van der Waals surface area contributed by atoms with Crippen LogP contribution in [0.4, 0.5) is 0 Å². The second kappa shape index (κ2) is 7.62. The molecule has 0 aromatic heterocycles. The van der Waals surface area contributed by atoms with Crippen molar-refractivity contribution >= 4 is 11.9 Å². The Balaban J connectivity index is 2.54. The quantitative estimate of drug-likeness (QED) is 0.728. The average Bonchev–Trinajstić information content (AvgIpc) is 2.36. The normalized spacial score (nSPS) is 19.4. The molecule has 116 valence electrons. The lowest BCUT2D eigenvalue weighted by molar-refractivity contribution is -0.145. The lowest BCUT2D eigenvalue weighted by Crippen LogP contribution is -2.49. The van der Waals surface area contributed by atoms with Crippen LogP contribution in [0.15, 0.2) is 0 Å². The van der Waals surface area contributed by atoms with Crippen LogP contribution in [0.3, 0.4) is 0 Å². The summed E-state index contributed by atoms with van der Waals surface area (Å²) in [5.74, 6) is -0.229. The molecule has 0 aliphatic heterocycles. The summed E-state index contributed by atoms with van der Waals surface area (Å²) < 4.78 is 4.74. The standard InChI is InChI=1S/C15H28N2O3/c1-11(2)9-12(14(19)20-3)17-13(18)10-15(16)7-5-4-6-8-15/h11-12H,4-10,16H2,1-3H3,(H,17,18)/t12-/m0/s1. The topological polar surface area (TPSA) is 81.4 Å². The fraction of sp³-hybridized carbons (Fsp3) is 0.867. The predicted molar refractivity (Wildman–Crippen MR) is 78.0 cm³/mol. The average molecular weight is 284 g/mol. The second-order valence-electron chi connectivity index (χ2n) is 6.37. The highest BCUT2D eigenvalue weighted by Crippen LogP contribution is 2.28. The van der Waals surface area contributed by atoms with Gasteiger partial charge in [0.25, 0.3) is 0 Å². The molecule has 0 unspecified atom stereocenters. The zero-order chi connectivity index (χ0) is 15.2. The molecule has 0 aromatic carbocycles. The van der Waals surface area contributed by atoms with Crippen molar-refractivity contribution in [2.24, 2.45) is 11.7 Å². The van der Waals surface area contributed by atoms with Gasteiger partial charge in [0.15, 0.2) is 0 Å². The van der Waals surface area contributed by atoms with E-state index >= 15 is 0 Å². The molecule has 5 nitrogen and oxygen atoms in total. The van der Waals surface area contributed by atoms with Crippen molar-refractivity contribution in [3.63, 3.8) is 0 Å². The van der Waals surface area contributed by atoms with Crippen molar-refractivity contribution in [1.82, 2.24) is 5.32 Å². The van der Waals surface area contributed by atoms with Gasteiger partial charge in [-0.1, -0.05) is 33.1 Å². The van der Waals surface area contributed by atoms with Crippen molar-refractivity contribution in [3.8, 4) is 0 Å². The lowest BCUT2D eigenvalue weighted by Gasteiger charge is -2.33. The first kappa shape index (κ1) is 17.0. The van der Waals surface area contributed by atoms with Crippen LogP contribution in [-0.2, 0) is 14.3 Å². The molecule has 5 heteroatoms. The summed E-state index contributed by atoms with van der Waals surface area (Å²) in [7, 11) is 1.34. The van der Waals surface area contributed by atoms with Gasteiger partial charge in [0.1, 0.15) is 6.04 Å². The van der Waals surface area contributed by atoms with E-state index in [1.807, 2.05) is 13.8 Å². The molecule has 0 radical (unpaired) electrons. The molecule has 0 heterocycles. The Labute approximate surface area is 121 Å². The highest BCUT2D eigenvalue weighted by Gasteiger charge is 2.31. The largest absolute Gasteiger partial charge is 0.467 e. The fourth-order valence-corrected chi connectivity index (χ4v) is 2.83. The lowest BCUT2D eigenvalue weighted by atomic mass is 9.80. The van der Waals surface area contributed by atoms with E-state index in [0.29, 0.717) is 18.8 Å². The fourth-order valence-electron chi connectivity index (χ4n) is 2.83. The van der Waals surface area contributed by atoms with Gasteiger partial charge in [-0.25, -0.2) is 4.79 Å². The highest BCUT2D eigenvalue weighted by molar-refractivity contribution is 5.85. The Morgan fingerprint density at radius 2 is 1.85 bits per heavy atom. The van der Waals surface area contributed by atoms with Gasteiger partial charge in [0, 0.05) is 12.0 Å². The van der Waals surface area contributed by atoms with Gasteiger partial charge >= 0.3 is 5.97 Å². The molecule has 0 saturated heterocycles. The second-order valence-corrected chi connectivity index (χ2v) is 6.37. The third-order valence-electron chi connectivity index (χ3n) is 3.89. The van der Waals surface area contributed by atoms with Crippen LogP contribution in [0.5, 0.6) is 0 Å². The van der Waals surface area contributed by atoms with E-state index in [0.717, 1.165) is 25.7 Å². The number of amides is 1. The number of carbonyl (C=O) groups is 2. The maximum absolute atomic E-state index is 12.1. The molecule has 1 aliphatic carbocycles. The Morgan fingerprint density at radius 1 is 1.25 bits per heavy atom. The molecule has 3 N–H and O–H groups in total. The molecular weight excluding hydrogens is 256 g/mol. The van der Waals surface area contributed by atoms with E-state index in [2.05, 4.69) is 5.32 Å². The minimum Gasteiger partial charge on any atom is -0.467 e. The molecule has 1 aliphatic rings. The summed E-state index contributed by atoms with van der Waals surface area (Å²) in [6, 6.07) is -0.570. The molecule has 1 atom stereocenters. The number of nitrogens with one attached hydrogen (secondary N) is 1. The van der Waals surface area contributed by atoms with E-state index < -0.39 is 11.6 Å². The first-order chi connectivity index (χ1) is 9.36. The number of ether oxygens (including phenoxy) is 1.